The van der Waals surface area contributed by atoms with Crippen molar-refractivity contribution in [2.75, 3.05) is 46.2 Å². The van der Waals surface area contributed by atoms with Gasteiger partial charge in [-0.15, -0.1) is 0 Å². The number of ether oxygens (including phenoxy) is 7. The standard InChI is InChI=1S/C57H73FO13/c1-9-13-14-16-40-18-20-42(21-19-40)43-22-26-48(49(58)31-43)45-23-25-47(41(10-2)29-45)44-24-27-50(46(30-44)17-15-28-67-55(63)38(5)6)68-34-57(37-71-56(64)39(7)8,35-69-53(61)32-51(59)65-11-3)36-70-54(62)33-52(60)66-12-4/h22-27,29-31,40,42H,5,7,9-21,28,32-37H2,1-4,6,8H3. The SMILES string of the molecule is C=C(C)C(=O)OCCCc1cc(-c2ccc(-c3ccc(C4CCC(CCCCC)CC4)cc3F)cc2CC)ccc1OCC(COC(=O)CC(=O)OCC)(COC(=O)CC(=O)OCC)COC(=O)C(=C)C. The summed E-state index contributed by atoms with van der Waals surface area (Å²) in [5, 5.41) is 0. The maximum Gasteiger partial charge on any atom is 0.333 e. The van der Waals surface area contributed by atoms with E-state index in [-0.39, 0.29) is 43.4 Å². The van der Waals surface area contributed by atoms with Crippen LogP contribution in [0.2, 0.25) is 0 Å². The lowest BCUT2D eigenvalue weighted by atomic mass is 9.77. The normalized spacial score (nSPS) is 14.4. The van der Waals surface area contributed by atoms with E-state index in [2.05, 4.69) is 26.1 Å². The molecule has 0 atom stereocenters. The number of benzene rings is 3. The van der Waals surface area contributed by atoms with E-state index < -0.39 is 73.9 Å². The lowest BCUT2D eigenvalue weighted by molar-refractivity contribution is -0.166. The van der Waals surface area contributed by atoms with Crippen molar-refractivity contribution in [1.82, 2.24) is 0 Å². The molecule has 0 N–H and O–H groups in total. The first kappa shape index (κ1) is 57.3. The number of carbonyl (C=O) groups is 6. The molecule has 0 bridgehead atoms. The second-order valence-electron chi connectivity index (χ2n) is 18.5. The number of rotatable bonds is 29. The molecule has 386 valence electrons. The van der Waals surface area contributed by atoms with Crippen molar-refractivity contribution in [2.24, 2.45) is 11.3 Å². The second-order valence-corrected chi connectivity index (χ2v) is 18.5. The summed E-state index contributed by atoms with van der Waals surface area (Å²) >= 11 is 0. The predicted octanol–water partition coefficient (Wildman–Crippen LogP) is 11.1. The van der Waals surface area contributed by atoms with Crippen LogP contribution < -0.4 is 4.74 Å². The third-order valence-corrected chi connectivity index (χ3v) is 12.5. The Morgan fingerprint density at radius 3 is 1.73 bits per heavy atom. The fourth-order valence-electron chi connectivity index (χ4n) is 8.51. The summed E-state index contributed by atoms with van der Waals surface area (Å²) in [5.41, 5.74) is 4.49. The number of esters is 6. The Hall–Kier alpha value is -6.31. The first-order chi connectivity index (χ1) is 34.0. The van der Waals surface area contributed by atoms with Gasteiger partial charge in [-0.1, -0.05) is 89.1 Å². The minimum atomic E-state index is -1.60. The molecule has 1 aliphatic carbocycles. The van der Waals surface area contributed by atoms with Crippen molar-refractivity contribution in [3.63, 3.8) is 0 Å². The summed E-state index contributed by atoms with van der Waals surface area (Å²) in [7, 11) is 0. The van der Waals surface area contributed by atoms with Crippen LogP contribution >= 0.6 is 0 Å². The van der Waals surface area contributed by atoms with Crippen LogP contribution in [0.4, 0.5) is 4.39 Å². The number of carbonyl (C=O) groups excluding carboxylic acids is 6. The largest absolute Gasteiger partial charge is 0.492 e. The van der Waals surface area contributed by atoms with Gasteiger partial charge in [0.2, 0.25) is 0 Å². The van der Waals surface area contributed by atoms with Crippen molar-refractivity contribution in [2.45, 2.75) is 131 Å². The number of hydrogen-bond donors (Lipinski definition) is 0. The van der Waals surface area contributed by atoms with Gasteiger partial charge in [-0.2, -0.15) is 0 Å². The Morgan fingerprint density at radius 2 is 1.15 bits per heavy atom. The molecule has 1 aliphatic rings. The van der Waals surface area contributed by atoms with E-state index in [9.17, 15) is 28.8 Å². The zero-order chi connectivity index (χ0) is 51.9. The van der Waals surface area contributed by atoms with E-state index >= 15 is 4.39 Å². The molecule has 3 aromatic carbocycles. The quantitative estimate of drug-likeness (QED) is 0.0212. The Morgan fingerprint density at radius 1 is 0.606 bits per heavy atom. The Bertz CT molecular complexity index is 2290. The third-order valence-electron chi connectivity index (χ3n) is 12.5. The predicted molar refractivity (Wildman–Crippen MR) is 268 cm³/mol. The maximum atomic E-state index is 16.0. The van der Waals surface area contributed by atoms with Crippen LogP contribution in [0.5, 0.6) is 5.75 Å². The average Bonchev–Trinajstić information content (AvgIpc) is 3.35. The zero-order valence-corrected chi connectivity index (χ0v) is 42.6. The van der Waals surface area contributed by atoms with Gasteiger partial charge in [0.25, 0.3) is 0 Å². The van der Waals surface area contributed by atoms with Crippen molar-refractivity contribution < 1.29 is 66.3 Å². The lowest BCUT2D eigenvalue weighted by Crippen LogP contribution is -2.44. The molecule has 0 aliphatic heterocycles. The van der Waals surface area contributed by atoms with Gasteiger partial charge in [-0.25, -0.2) is 14.0 Å². The van der Waals surface area contributed by atoms with E-state index in [4.69, 9.17) is 33.2 Å². The van der Waals surface area contributed by atoms with Crippen molar-refractivity contribution in [1.29, 1.82) is 0 Å². The number of aryl methyl sites for hydroxylation is 2. The molecule has 13 nitrogen and oxygen atoms in total. The minimum Gasteiger partial charge on any atom is -0.492 e. The molecule has 0 aromatic heterocycles. The topological polar surface area (TPSA) is 167 Å². The van der Waals surface area contributed by atoms with Crippen LogP contribution in [0.25, 0.3) is 22.3 Å². The first-order valence-electron chi connectivity index (χ1n) is 25.0. The highest BCUT2D eigenvalue weighted by molar-refractivity contribution is 5.92. The fraction of sp³-hybridized carbons (Fsp3) is 0.509. The molecule has 1 saturated carbocycles. The highest BCUT2D eigenvalue weighted by Crippen LogP contribution is 2.40. The molecule has 0 radical (unpaired) electrons. The highest BCUT2D eigenvalue weighted by Gasteiger charge is 2.38. The average molecular weight is 985 g/mol. The Kier molecular flexibility index (Phi) is 23.5. The molecule has 0 spiro atoms. The zero-order valence-electron chi connectivity index (χ0n) is 42.6. The summed E-state index contributed by atoms with van der Waals surface area (Å²) < 4.78 is 54.3. The maximum absolute atomic E-state index is 16.0. The van der Waals surface area contributed by atoms with Crippen molar-refractivity contribution in [3.8, 4) is 28.0 Å². The van der Waals surface area contributed by atoms with Gasteiger partial charge in [0.15, 0.2) is 0 Å². The third kappa shape index (κ3) is 18.4. The Labute approximate surface area is 418 Å². The molecule has 71 heavy (non-hydrogen) atoms. The van der Waals surface area contributed by atoms with E-state index in [1.807, 2.05) is 43.3 Å². The molecule has 3 aromatic rings. The van der Waals surface area contributed by atoms with Gasteiger partial charge in [-0.05, 0) is 136 Å². The van der Waals surface area contributed by atoms with Gasteiger partial charge >= 0.3 is 35.8 Å². The molecular formula is C57H73FO13. The summed E-state index contributed by atoms with van der Waals surface area (Å²) in [6.45, 7) is 15.8. The van der Waals surface area contributed by atoms with Crippen molar-refractivity contribution in [3.05, 3.63) is 101 Å². The lowest BCUT2D eigenvalue weighted by Gasteiger charge is -2.32. The van der Waals surface area contributed by atoms with Crippen LogP contribution in [0.3, 0.4) is 0 Å². The molecule has 0 heterocycles. The monoisotopic (exact) mass is 985 g/mol. The van der Waals surface area contributed by atoms with E-state index in [1.54, 1.807) is 32.9 Å². The molecule has 0 amide bonds. The van der Waals surface area contributed by atoms with E-state index in [0.717, 1.165) is 46.6 Å². The second kappa shape index (κ2) is 29.1. The van der Waals surface area contributed by atoms with Gasteiger partial charge < -0.3 is 33.2 Å². The first-order valence-corrected chi connectivity index (χ1v) is 25.0. The fourth-order valence-corrected chi connectivity index (χ4v) is 8.51. The molecular weight excluding hydrogens is 912 g/mol. The molecule has 0 saturated heterocycles. The number of unbranched alkanes of at least 4 members (excludes halogenated alkanes) is 2. The molecule has 14 heteroatoms. The van der Waals surface area contributed by atoms with Crippen LogP contribution in [0, 0.1) is 17.2 Å². The number of hydrogen-bond acceptors (Lipinski definition) is 13. The van der Waals surface area contributed by atoms with Crippen LogP contribution in [-0.2, 0) is 70.0 Å². The highest BCUT2D eigenvalue weighted by atomic mass is 19.1. The molecule has 1 fully saturated rings. The smallest absolute Gasteiger partial charge is 0.333 e. The summed E-state index contributed by atoms with van der Waals surface area (Å²) in [6, 6.07) is 17.2. The Balaban J connectivity index is 1.67. The van der Waals surface area contributed by atoms with Crippen LogP contribution in [0.15, 0.2) is 78.9 Å². The van der Waals surface area contributed by atoms with Gasteiger partial charge in [0.05, 0.1) is 19.8 Å². The minimum absolute atomic E-state index is 0.0358. The molecule has 0 unspecified atom stereocenters. The number of halogens is 1. The van der Waals surface area contributed by atoms with Gasteiger partial charge in [0, 0.05) is 16.7 Å². The van der Waals surface area contributed by atoms with Gasteiger partial charge in [0.1, 0.15) is 56.3 Å². The van der Waals surface area contributed by atoms with E-state index in [1.165, 1.54) is 45.4 Å². The summed E-state index contributed by atoms with van der Waals surface area (Å²) in [6.07, 6.45) is 9.58. The molecule has 4 rings (SSSR count). The summed E-state index contributed by atoms with van der Waals surface area (Å²) in [5.74, 6) is -3.65. The van der Waals surface area contributed by atoms with Crippen LogP contribution in [-0.4, -0.2) is 82.1 Å². The van der Waals surface area contributed by atoms with Crippen LogP contribution in [0.1, 0.15) is 135 Å². The van der Waals surface area contributed by atoms with Gasteiger partial charge in [-0.3, -0.25) is 19.2 Å². The van der Waals surface area contributed by atoms with Crippen molar-refractivity contribution >= 4 is 35.8 Å². The summed E-state index contributed by atoms with van der Waals surface area (Å²) in [4.78, 5) is 75.1. The van der Waals surface area contributed by atoms with E-state index in [0.29, 0.717) is 42.1 Å².